The molecule has 1 atom stereocenters. The molecule has 4 rings (SSSR count). The van der Waals surface area contributed by atoms with Crippen molar-refractivity contribution in [2.24, 2.45) is 5.41 Å². The number of piperidine rings is 1. The van der Waals surface area contributed by atoms with E-state index in [-0.39, 0.29) is 23.3 Å². The number of carbonyl (C=O) groups is 2. The number of amides is 2. The van der Waals surface area contributed by atoms with Crippen molar-refractivity contribution in [3.63, 3.8) is 0 Å². The fourth-order valence-electron chi connectivity index (χ4n) is 4.34. The van der Waals surface area contributed by atoms with E-state index in [0.29, 0.717) is 18.0 Å². The van der Waals surface area contributed by atoms with Gasteiger partial charge in [-0.25, -0.2) is 0 Å². The highest BCUT2D eigenvalue weighted by Gasteiger charge is 2.51. The molecule has 2 fully saturated rings. The molecular formula is C20H23N3O2S. The van der Waals surface area contributed by atoms with Crippen LogP contribution in [0, 0.1) is 5.41 Å². The Morgan fingerprint density at radius 3 is 2.65 bits per heavy atom. The summed E-state index contributed by atoms with van der Waals surface area (Å²) < 4.78 is 0. The SMILES string of the molecule is CN1C(=O)C2(CCN(C(=O)c3cncs3)CC2)CC1Cc1ccccc1. The van der Waals surface area contributed by atoms with Gasteiger partial charge >= 0.3 is 0 Å². The standard InChI is InChI=1S/C20H23N3O2S/c1-22-16(11-15-5-3-2-4-6-15)12-20(19(22)25)7-9-23(10-8-20)18(24)17-13-21-14-26-17/h2-6,13-14,16H,7-12H2,1H3. The Labute approximate surface area is 157 Å². The zero-order valence-corrected chi connectivity index (χ0v) is 15.7. The summed E-state index contributed by atoms with van der Waals surface area (Å²) in [6.45, 7) is 1.29. The maximum atomic E-state index is 13.0. The molecule has 5 nitrogen and oxygen atoms in total. The van der Waals surface area contributed by atoms with Crippen LogP contribution in [0.5, 0.6) is 0 Å². The van der Waals surface area contributed by atoms with Gasteiger partial charge in [0, 0.05) is 26.2 Å². The third-order valence-corrected chi connectivity index (χ3v) is 6.67. The highest BCUT2D eigenvalue weighted by Crippen LogP contribution is 2.44. The topological polar surface area (TPSA) is 53.5 Å². The minimum absolute atomic E-state index is 0.0435. The fourth-order valence-corrected chi connectivity index (χ4v) is 4.93. The van der Waals surface area contributed by atoms with Gasteiger partial charge in [-0.3, -0.25) is 14.6 Å². The molecule has 2 saturated heterocycles. The van der Waals surface area contributed by atoms with E-state index >= 15 is 0 Å². The minimum Gasteiger partial charge on any atom is -0.342 e. The molecule has 136 valence electrons. The first-order valence-corrected chi connectivity index (χ1v) is 9.96. The number of aromatic nitrogens is 1. The van der Waals surface area contributed by atoms with Gasteiger partial charge < -0.3 is 9.80 Å². The Balaban J connectivity index is 1.43. The van der Waals surface area contributed by atoms with Gasteiger partial charge in [-0.15, -0.1) is 11.3 Å². The lowest BCUT2D eigenvalue weighted by Crippen LogP contribution is -2.46. The molecule has 6 heteroatoms. The predicted molar refractivity (Wildman–Crippen MR) is 101 cm³/mol. The lowest BCUT2D eigenvalue weighted by molar-refractivity contribution is -0.137. The van der Waals surface area contributed by atoms with Crippen LogP contribution in [0.4, 0.5) is 0 Å². The van der Waals surface area contributed by atoms with E-state index in [0.717, 1.165) is 25.7 Å². The van der Waals surface area contributed by atoms with Crippen molar-refractivity contribution in [3.05, 3.63) is 52.5 Å². The molecule has 1 spiro atoms. The number of nitrogens with zero attached hydrogens (tertiary/aromatic N) is 3. The minimum atomic E-state index is -0.293. The highest BCUT2D eigenvalue weighted by atomic mass is 32.1. The molecule has 2 amide bonds. The molecule has 0 N–H and O–H groups in total. The fraction of sp³-hybridized carbons (Fsp3) is 0.450. The lowest BCUT2D eigenvalue weighted by atomic mass is 9.75. The van der Waals surface area contributed by atoms with E-state index < -0.39 is 0 Å². The largest absolute Gasteiger partial charge is 0.342 e. The molecule has 1 unspecified atom stereocenters. The second-order valence-electron chi connectivity index (χ2n) is 7.40. The molecule has 1 aromatic carbocycles. The summed E-state index contributed by atoms with van der Waals surface area (Å²) in [4.78, 5) is 34.0. The maximum absolute atomic E-state index is 13.0. The number of likely N-dealkylation sites (N-methyl/N-ethyl adjacent to an activating group) is 1. The molecule has 26 heavy (non-hydrogen) atoms. The van der Waals surface area contributed by atoms with Crippen LogP contribution >= 0.6 is 11.3 Å². The first-order chi connectivity index (χ1) is 12.6. The summed E-state index contributed by atoms with van der Waals surface area (Å²) in [6, 6.07) is 10.6. The number of carbonyl (C=O) groups excluding carboxylic acids is 2. The van der Waals surface area contributed by atoms with Crippen molar-refractivity contribution in [2.75, 3.05) is 20.1 Å². The van der Waals surface area contributed by atoms with E-state index in [2.05, 4.69) is 17.1 Å². The van der Waals surface area contributed by atoms with Crippen molar-refractivity contribution in [2.45, 2.75) is 31.7 Å². The van der Waals surface area contributed by atoms with Gasteiger partial charge in [-0.05, 0) is 31.2 Å². The highest BCUT2D eigenvalue weighted by molar-refractivity contribution is 7.11. The molecule has 1 aromatic heterocycles. The van der Waals surface area contributed by atoms with E-state index in [9.17, 15) is 9.59 Å². The van der Waals surface area contributed by atoms with Crippen molar-refractivity contribution in [3.8, 4) is 0 Å². The van der Waals surface area contributed by atoms with Crippen molar-refractivity contribution in [1.82, 2.24) is 14.8 Å². The van der Waals surface area contributed by atoms with Crippen LogP contribution in [0.25, 0.3) is 0 Å². The van der Waals surface area contributed by atoms with Crippen LogP contribution in [-0.2, 0) is 11.2 Å². The summed E-state index contributed by atoms with van der Waals surface area (Å²) in [5.41, 5.74) is 2.66. The Hall–Kier alpha value is -2.21. The smallest absolute Gasteiger partial charge is 0.265 e. The number of thiazole rings is 1. The second kappa shape index (κ2) is 6.83. The average Bonchev–Trinajstić information content (AvgIpc) is 3.28. The number of rotatable bonds is 3. The van der Waals surface area contributed by atoms with Crippen molar-refractivity contribution in [1.29, 1.82) is 0 Å². The second-order valence-corrected chi connectivity index (χ2v) is 8.29. The number of hydrogen-bond acceptors (Lipinski definition) is 4. The Morgan fingerprint density at radius 2 is 2.00 bits per heavy atom. The molecule has 2 aliphatic rings. The first-order valence-electron chi connectivity index (χ1n) is 9.08. The van der Waals surface area contributed by atoms with Gasteiger partial charge in [0.2, 0.25) is 5.91 Å². The van der Waals surface area contributed by atoms with Crippen LogP contribution in [-0.4, -0.2) is 52.8 Å². The number of benzene rings is 1. The van der Waals surface area contributed by atoms with Gasteiger partial charge in [-0.1, -0.05) is 30.3 Å². The monoisotopic (exact) mass is 369 g/mol. The predicted octanol–water partition coefficient (Wildman–Crippen LogP) is 2.84. The quantitative estimate of drug-likeness (QED) is 0.836. The Morgan fingerprint density at radius 1 is 1.27 bits per heavy atom. The van der Waals surface area contributed by atoms with Gasteiger partial charge in [0.15, 0.2) is 0 Å². The first kappa shape index (κ1) is 17.2. The van der Waals surface area contributed by atoms with Gasteiger partial charge in [0.1, 0.15) is 4.88 Å². The van der Waals surface area contributed by atoms with Crippen molar-refractivity contribution < 1.29 is 9.59 Å². The molecule has 0 aliphatic carbocycles. The van der Waals surface area contributed by atoms with E-state index in [1.165, 1.54) is 16.9 Å². The molecule has 2 aromatic rings. The zero-order valence-electron chi connectivity index (χ0n) is 14.9. The summed E-state index contributed by atoms with van der Waals surface area (Å²) in [6.07, 6.45) is 4.92. The van der Waals surface area contributed by atoms with Crippen LogP contribution in [0.1, 0.15) is 34.5 Å². The molecule has 0 bridgehead atoms. The van der Waals surface area contributed by atoms with Crippen LogP contribution in [0.15, 0.2) is 42.0 Å². The molecular weight excluding hydrogens is 346 g/mol. The van der Waals surface area contributed by atoms with E-state index in [1.807, 2.05) is 35.0 Å². The third-order valence-electron chi connectivity index (χ3n) is 5.91. The summed E-state index contributed by atoms with van der Waals surface area (Å²) >= 11 is 1.37. The molecule has 3 heterocycles. The van der Waals surface area contributed by atoms with Gasteiger partial charge in [0.05, 0.1) is 17.1 Å². The lowest BCUT2D eigenvalue weighted by Gasteiger charge is -2.37. The van der Waals surface area contributed by atoms with E-state index in [1.54, 1.807) is 11.7 Å². The van der Waals surface area contributed by atoms with Crippen LogP contribution in [0.3, 0.4) is 0 Å². The summed E-state index contributed by atoms with van der Waals surface area (Å²) in [5, 5.41) is 0. The molecule has 0 radical (unpaired) electrons. The molecule has 2 aliphatic heterocycles. The average molecular weight is 369 g/mol. The van der Waals surface area contributed by atoms with Crippen molar-refractivity contribution >= 4 is 23.2 Å². The normalized spacial score (nSPS) is 22.2. The Kier molecular flexibility index (Phi) is 4.53. The summed E-state index contributed by atoms with van der Waals surface area (Å²) in [5.74, 6) is 0.297. The Bertz CT molecular complexity index is 783. The van der Waals surface area contributed by atoms with Crippen LogP contribution in [0.2, 0.25) is 0 Å². The number of likely N-dealkylation sites (tertiary alicyclic amines) is 2. The van der Waals surface area contributed by atoms with Crippen LogP contribution < -0.4 is 0 Å². The number of hydrogen-bond donors (Lipinski definition) is 0. The maximum Gasteiger partial charge on any atom is 0.265 e. The zero-order chi connectivity index (χ0) is 18.1. The van der Waals surface area contributed by atoms with Gasteiger partial charge in [0.25, 0.3) is 5.91 Å². The summed E-state index contributed by atoms with van der Waals surface area (Å²) in [7, 11) is 1.93. The van der Waals surface area contributed by atoms with Gasteiger partial charge in [-0.2, -0.15) is 0 Å². The molecule has 0 saturated carbocycles. The third kappa shape index (κ3) is 3.03. The van der Waals surface area contributed by atoms with E-state index in [4.69, 9.17) is 0 Å².